The van der Waals surface area contributed by atoms with E-state index in [1.165, 1.54) is 35.0 Å². The Morgan fingerprint density at radius 3 is 2.56 bits per heavy atom. The largest absolute Gasteiger partial charge is 0.423 e. The number of aryl methyl sites for hydroxylation is 1. The molecule has 1 amide bonds. The number of benzene rings is 2. The fraction of sp³-hybridized carbons (Fsp3) is 0.143. The van der Waals surface area contributed by atoms with E-state index in [1.54, 1.807) is 24.3 Å². The van der Waals surface area contributed by atoms with E-state index in [4.69, 9.17) is 4.42 Å². The maximum absolute atomic E-state index is 12.8. The lowest BCUT2D eigenvalue weighted by atomic mass is 10.1. The molecule has 0 atom stereocenters. The zero-order valence-electron chi connectivity index (χ0n) is 16.9. The number of nitrogens with zero attached hydrogens (tertiary/aromatic N) is 2. The fourth-order valence-electron chi connectivity index (χ4n) is 3.21. The highest BCUT2D eigenvalue weighted by Crippen LogP contribution is 2.18. The summed E-state index contributed by atoms with van der Waals surface area (Å²) in [6, 6.07) is 13.0. The Bertz CT molecular complexity index is 1570. The number of nitrogens with one attached hydrogen (secondary N) is 2. The van der Waals surface area contributed by atoms with Crippen LogP contribution in [0.2, 0.25) is 0 Å². The number of sulfonamides is 1. The molecule has 0 bridgehead atoms. The van der Waals surface area contributed by atoms with Gasteiger partial charge in [-0.2, -0.15) is 5.10 Å². The highest BCUT2D eigenvalue weighted by molar-refractivity contribution is 7.89. The molecule has 0 aliphatic carbocycles. The van der Waals surface area contributed by atoms with Crippen molar-refractivity contribution in [3.63, 3.8) is 0 Å². The molecule has 2 aromatic heterocycles. The van der Waals surface area contributed by atoms with Crippen LogP contribution >= 0.6 is 0 Å². The summed E-state index contributed by atoms with van der Waals surface area (Å²) in [7, 11) is -4.14. The van der Waals surface area contributed by atoms with Gasteiger partial charge in [0.25, 0.3) is 21.5 Å². The normalized spacial score (nSPS) is 11.7. The summed E-state index contributed by atoms with van der Waals surface area (Å²) < 4.78 is 31.5. The summed E-state index contributed by atoms with van der Waals surface area (Å²) in [6.45, 7) is 2.18. The van der Waals surface area contributed by atoms with Crippen LogP contribution in [0.1, 0.15) is 23.8 Å². The van der Waals surface area contributed by atoms with Crippen LogP contribution in [0.15, 0.2) is 73.5 Å². The van der Waals surface area contributed by atoms with Gasteiger partial charge in [0.1, 0.15) is 5.58 Å². The van der Waals surface area contributed by atoms with E-state index >= 15 is 0 Å². The summed E-state index contributed by atoms with van der Waals surface area (Å²) in [5.41, 5.74) is 1.41. The van der Waals surface area contributed by atoms with Crippen molar-refractivity contribution >= 4 is 37.7 Å². The molecule has 0 saturated heterocycles. The molecule has 4 aromatic rings. The molecule has 11 heteroatoms. The number of rotatable bonds is 6. The van der Waals surface area contributed by atoms with Crippen molar-refractivity contribution in [1.82, 2.24) is 20.0 Å². The third-order valence-corrected chi connectivity index (χ3v) is 5.96. The van der Waals surface area contributed by atoms with Gasteiger partial charge >= 0.3 is 5.63 Å². The predicted octanol–water partition coefficient (Wildman–Crippen LogP) is 1.54. The van der Waals surface area contributed by atoms with Crippen molar-refractivity contribution in [2.75, 3.05) is 0 Å². The maximum Gasteiger partial charge on any atom is 0.336 e. The van der Waals surface area contributed by atoms with Gasteiger partial charge in [-0.3, -0.25) is 15.0 Å². The molecule has 164 valence electrons. The van der Waals surface area contributed by atoms with Gasteiger partial charge in [-0.15, -0.1) is 4.83 Å². The van der Waals surface area contributed by atoms with Crippen LogP contribution in [0.3, 0.4) is 0 Å². The number of carbonyl (C=O) groups excluding carboxylic acids is 1. The van der Waals surface area contributed by atoms with Crippen LogP contribution in [-0.4, -0.2) is 24.1 Å². The van der Waals surface area contributed by atoms with Gasteiger partial charge in [0.15, 0.2) is 5.69 Å². The molecule has 0 radical (unpaired) electrons. The zero-order chi connectivity index (χ0) is 22.9. The van der Waals surface area contributed by atoms with Crippen LogP contribution in [0.25, 0.3) is 21.7 Å². The summed E-state index contributed by atoms with van der Waals surface area (Å²) >= 11 is 0. The predicted molar refractivity (Wildman–Crippen MR) is 117 cm³/mol. The first-order valence-electron chi connectivity index (χ1n) is 9.66. The molecule has 32 heavy (non-hydrogen) atoms. The van der Waals surface area contributed by atoms with E-state index in [0.717, 1.165) is 0 Å². The molecule has 0 aliphatic heterocycles. The minimum Gasteiger partial charge on any atom is -0.423 e. The molecule has 2 N–H and O–H groups in total. The summed E-state index contributed by atoms with van der Waals surface area (Å²) in [5, 5.41) is 5.14. The standard InChI is InChI=1S/C21H18N4O6S/c1-2-11-25-21(28)16-6-4-3-5-15(16)19(23-25)20(27)22-24-32(29,30)14-8-9-17-13(12-14)7-10-18(26)31-17/h3-10,12,24H,2,11H2,1H3,(H,22,27). The van der Waals surface area contributed by atoms with Crippen LogP contribution in [-0.2, 0) is 16.6 Å². The van der Waals surface area contributed by atoms with E-state index in [-0.39, 0.29) is 21.7 Å². The zero-order valence-corrected chi connectivity index (χ0v) is 17.7. The Hall–Kier alpha value is -3.83. The van der Waals surface area contributed by atoms with E-state index in [0.29, 0.717) is 29.1 Å². The van der Waals surface area contributed by atoms with E-state index in [9.17, 15) is 22.8 Å². The lowest BCUT2D eigenvalue weighted by molar-refractivity contribution is 0.0939. The molecule has 0 saturated carbocycles. The third kappa shape index (κ3) is 4.03. The Labute approximate surface area is 181 Å². The molecule has 10 nitrogen and oxygen atoms in total. The van der Waals surface area contributed by atoms with Gasteiger partial charge < -0.3 is 4.42 Å². The van der Waals surface area contributed by atoms with Crippen molar-refractivity contribution in [2.45, 2.75) is 24.8 Å². The van der Waals surface area contributed by atoms with Crippen molar-refractivity contribution in [2.24, 2.45) is 0 Å². The van der Waals surface area contributed by atoms with Gasteiger partial charge in [-0.25, -0.2) is 17.9 Å². The van der Waals surface area contributed by atoms with Crippen molar-refractivity contribution in [3.8, 4) is 0 Å². The number of fused-ring (bicyclic) bond motifs is 2. The highest BCUT2D eigenvalue weighted by Gasteiger charge is 2.20. The third-order valence-electron chi connectivity index (χ3n) is 4.72. The Balaban J connectivity index is 1.64. The van der Waals surface area contributed by atoms with Gasteiger partial charge in [-0.1, -0.05) is 25.1 Å². The first-order valence-corrected chi connectivity index (χ1v) is 11.1. The highest BCUT2D eigenvalue weighted by atomic mass is 32.2. The quantitative estimate of drug-likeness (QED) is 0.333. The second-order valence-electron chi connectivity index (χ2n) is 6.94. The van der Waals surface area contributed by atoms with E-state index < -0.39 is 21.6 Å². The Morgan fingerprint density at radius 1 is 1.06 bits per heavy atom. The maximum atomic E-state index is 12.8. The van der Waals surface area contributed by atoms with Crippen LogP contribution in [0.5, 0.6) is 0 Å². The number of hydrogen-bond acceptors (Lipinski definition) is 7. The molecule has 0 aliphatic rings. The molecule has 0 fully saturated rings. The number of hydrazine groups is 1. The SMILES string of the molecule is CCCn1nc(C(=O)NNS(=O)(=O)c2ccc3oc(=O)ccc3c2)c2ccccc2c1=O. The molecular formula is C21H18N4O6S. The summed E-state index contributed by atoms with van der Waals surface area (Å²) in [4.78, 5) is 38.5. The smallest absolute Gasteiger partial charge is 0.336 e. The monoisotopic (exact) mass is 454 g/mol. The number of hydrogen-bond donors (Lipinski definition) is 2. The minimum absolute atomic E-state index is 0.0864. The molecule has 0 spiro atoms. The fourth-order valence-corrected chi connectivity index (χ4v) is 4.09. The van der Waals surface area contributed by atoms with Crippen LogP contribution in [0, 0.1) is 0 Å². The van der Waals surface area contributed by atoms with Crippen LogP contribution in [0.4, 0.5) is 0 Å². The van der Waals surface area contributed by atoms with Crippen molar-refractivity contribution in [1.29, 1.82) is 0 Å². The molecule has 2 aromatic carbocycles. The van der Waals surface area contributed by atoms with Crippen molar-refractivity contribution < 1.29 is 17.6 Å². The first-order chi connectivity index (χ1) is 15.3. The molecule has 2 heterocycles. The molecule has 4 rings (SSSR count). The lowest BCUT2D eigenvalue weighted by Gasteiger charge is -2.12. The number of aromatic nitrogens is 2. The summed E-state index contributed by atoms with van der Waals surface area (Å²) in [6.07, 6.45) is 0.626. The number of carbonyl (C=O) groups is 1. The average molecular weight is 454 g/mol. The Kier molecular flexibility index (Phi) is 5.59. The molecular weight excluding hydrogens is 436 g/mol. The number of amides is 1. The van der Waals surface area contributed by atoms with Gasteiger partial charge in [-0.05, 0) is 36.8 Å². The van der Waals surface area contributed by atoms with Crippen molar-refractivity contribution in [3.05, 3.63) is 81.1 Å². The second-order valence-corrected chi connectivity index (χ2v) is 8.62. The second kappa shape index (κ2) is 8.36. The Morgan fingerprint density at radius 2 is 1.81 bits per heavy atom. The van der Waals surface area contributed by atoms with Gasteiger partial charge in [0.2, 0.25) is 0 Å². The lowest BCUT2D eigenvalue weighted by Crippen LogP contribution is -2.42. The molecule has 0 unspecified atom stereocenters. The van der Waals surface area contributed by atoms with E-state index in [2.05, 4.69) is 10.5 Å². The van der Waals surface area contributed by atoms with E-state index in [1.807, 2.05) is 11.8 Å². The van der Waals surface area contributed by atoms with Gasteiger partial charge in [0, 0.05) is 23.4 Å². The van der Waals surface area contributed by atoms with Gasteiger partial charge in [0.05, 0.1) is 10.3 Å². The first kappa shape index (κ1) is 21.4. The topological polar surface area (TPSA) is 140 Å². The summed E-state index contributed by atoms with van der Waals surface area (Å²) in [5.74, 6) is -0.818. The minimum atomic E-state index is -4.14. The average Bonchev–Trinajstić information content (AvgIpc) is 2.79. The van der Waals surface area contributed by atoms with Crippen LogP contribution < -0.4 is 21.4 Å².